The van der Waals surface area contributed by atoms with E-state index in [4.69, 9.17) is 0 Å². The number of hydrogen-bond acceptors (Lipinski definition) is 3. The Morgan fingerprint density at radius 2 is 2.00 bits per heavy atom. The molecule has 0 bridgehead atoms. The summed E-state index contributed by atoms with van der Waals surface area (Å²) >= 11 is 0. The number of nitrogens with zero attached hydrogens (tertiary/aromatic N) is 1. The van der Waals surface area contributed by atoms with Crippen LogP contribution in [0.25, 0.3) is 0 Å². The monoisotopic (exact) mass is 228 g/mol. The average molecular weight is 228 g/mol. The molecule has 1 atom stereocenters. The lowest BCUT2D eigenvalue weighted by molar-refractivity contribution is -0.125. The van der Waals surface area contributed by atoms with Crippen molar-refractivity contribution in [2.45, 2.75) is 6.54 Å². The highest BCUT2D eigenvalue weighted by molar-refractivity contribution is 6.15. The third kappa shape index (κ3) is 1.71. The molecule has 1 aromatic carbocycles. The van der Waals surface area contributed by atoms with Gasteiger partial charge in [0.25, 0.3) is 5.91 Å². The van der Waals surface area contributed by atoms with Crippen LogP contribution in [0.2, 0.25) is 0 Å². The van der Waals surface area contributed by atoms with Crippen LogP contribution in [0, 0.1) is 5.92 Å². The number of nitrogens with one attached hydrogen (secondary N) is 1. The van der Waals surface area contributed by atoms with Crippen LogP contribution in [0.3, 0.4) is 0 Å². The number of fused-ring (bicyclic) bond motifs is 1. The standard InChI is InChI=1S/C13H12N2O2/c16-12-10-7-15(8-11(10)13(17)14-12)6-9-4-2-1-3-5-9/h1-5,7,11H,6,8H2,(H,14,16,17)/t11-/m0/s1. The maximum Gasteiger partial charge on any atom is 0.256 e. The molecule has 1 saturated heterocycles. The van der Waals surface area contributed by atoms with Gasteiger partial charge < -0.3 is 4.90 Å². The van der Waals surface area contributed by atoms with Crippen molar-refractivity contribution in [1.29, 1.82) is 0 Å². The van der Waals surface area contributed by atoms with Crippen molar-refractivity contribution in [3.63, 3.8) is 0 Å². The third-order valence-electron chi connectivity index (χ3n) is 3.16. The summed E-state index contributed by atoms with van der Waals surface area (Å²) in [7, 11) is 0. The Labute approximate surface area is 98.9 Å². The molecule has 2 aliphatic rings. The molecule has 1 N–H and O–H groups in total. The molecule has 4 heteroatoms. The van der Waals surface area contributed by atoms with E-state index in [1.165, 1.54) is 5.56 Å². The van der Waals surface area contributed by atoms with Crippen molar-refractivity contribution in [3.8, 4) is 0 Å². The molecular formula is C13H12N2O2. The van der Waals surface area contributed by atoms with Gasteiger partial charge in [0, 0.05) is 24.9 Å². The van der Waals surface area contributed by atoms with E-state index in [0.29, 0.717) is 12.1 Å². The van der Waals surface area contributed by atoms with E-state index in [9.17, 15) is 9.59 Å². The van der Waals surface area contributed by atoms with Gasteiger partial charge in [0.05, 0.1) is 5.92 Å². The van der Waals surface area contributed by atoms with Crippen molar-refractivity contribution < 1.29 is 9.59 Å². The van der Waals surface area contributed by atoms with Crippen molar-refractivity contribution in [1.82, 2.24) is 10.2 Å². The highest BCUT2D eigenvalue weighted by atomic mass is 16.2. The Kier molecular flexibility index (Phi) is 2.21. The van der Waals surface area contributed by atoms with E-state index in [2.05, 4.69) is 5.32 Å². The Morgan fingerprint density at radius 1 is 1.24 bits per heavy atom. The molecule has 0 spiro atoms. The molecule has 2 heterocycles. The van der Waals surface area contributed by atoms with Gasteiger partial charge in [-0.05, 0) is 5.56 Å². The summed E-state index contributed by atoms with van der Waals surface area (Å²) in [5, 5.41) is 2.33. The van der Waals surface area contributed by atoms with Gasteiger partial charge in [0.15, 0.2) is 0 Å². The maximum atomic E-state index is 11.5. The van der Waals surface area contributed by atoms with E-state index in [0.717, 1.165) is 6.54 Å². The second-order valence-electron chi connectivity index (χ2n) is 4.37. The van der Waals surface area contributed by atoms with Crippen LogP contribution in [0.5, 0.6) is 0 Å². The number of carbonyl (C=O) groups excluding carboxylic acids is 2. The molecule has 2 aliphatic heterocycles. The van der Waals surface area contributed by atoms with Crippen LogP contribution in [0.4, 0.5) is 0 Å². The van der Waals surface area contributed by atoms with E-state index < -0.39 is 0 Å². The molecule has 0 saturated carbocycles. The first-order valence-electron chi connectivity index (χ1n) is 5.59. The number of benzene rings is 1. The van der Waals surface area contributed by atoms with Crippen LogP contribution in [-0.4, -0.2) is 23.3 Å². The van der Waals surface area contributed by atoms with Gasteiger partial charge in [-0.2, -0.15) is 0 Å². The lowest BCUT2D eigenvalue weighted by Crippen LogP contribution is -2.28. The van der Waals surface area contributed by atoms with Crippen LogP contribution in [0.1, 0.15) is 5.56 Å². The molecule has 2 amide bonds. The highest BCUT2D eigenvalue weighted by Gasteiger charge is 2.41. The first kappa shape index (κ1) is 10.1. The molecule has 0 aliphatic carbocycles. The molecule has 0 unspecified atom stereocenters. The molecule has 4 nitrogen and oxygen atoms in total. The van der Waals surface area contributed by atoms with E-state index in [1.54, 1.807) is 6.20 Å². The minimum absolute atomic E-state index is 0.170. The predicted molar refractivity (Wildman–Crippen MR) is 61.6 cm³/mol. The first-order valence-corrected chi connectivity index (χ1v) is 5.59. The minimum Gasteiger partial charge on any atom is -0.371 e. The zero-order valence-electron chi connectivity index (χ0n) is 9.22. The molecule has 17 heavy (non-hydrogen) atoms. The van der Waals surface area contributed by atoms with Crippen molar-refractivity contribution in [3.05, 3.63) is 47.7 Å². The van der Waals surface area contributed by atoms with Gasteiger partial charge in [-0.25, -0.2) is 0 Å². The summed E-state index contributed by atoms with van der Waals surface area (Å²) in [4.78, 5) is 24.9. The molecule has 3 rings (SSSR count). The summed E-state index contributed by atoms with van der Waals surface area (Å²) in [6, 6.07) is 10.0. The fourth-order valence-electron chi connectivity index (χ4n) is 2.31. The Morgan fingerprint density at radius 3 is 2.71 bits per heavy atom. The molecule has 0 aromatic heterocycles. The van der Waals surface area contributed by atoms with Crippen LogP contribution < -0.4 is 5.32 Å². The van der Waals surface area contributed by atoms with Gasteiger partial charge in [0.1, 0.15) is 0 Å². The zero-order chi connectivity index (χ0) is 11.8. The second kappa shape index (κ2) is 3.73. The number of imide groups is 1. The lowest BCUT2D eigenvalue weighted by atomic mass is 10.1. The number of hydrogen-bond donors (Lipinski definition) is 1. The summed E-state index contributed by atoms with van der Waals surface area (Å²) < 4.78 is 0. The van der Waals surface area contributed by atoms with Crippen molar-refractivity contribution in [2.75, 3.05) is 6.54 Å². The number of rotatable bonds is 2. The largest absolute Gasteiger partial charge is 0.371 e. The van der Waals surface area contributed by atoms with Gasteiger partial charge in [-0.1, -0.05) is 30.3 Å². The summed E-state index contributed by atoms with van der Waals surface area (Å²) in [6.45, 7) is 1.34. The zero-order valence-corrected chi connectivity index (χ0v) is 9.22. The van der Waals surface area contributed by atoms with Gasteiger partial charge in [-0.15, -0.1) is 0 Å². The van der Waals surface area contributed by atoms with E-state index >= 15 is 0 Å². The predicted octanol–water partition coefficient (Wildman–Crippen LogP) is 0.659. The number of carbonyl (C=O) groups is 2. The van der Waals surface area contributed by atoms with Gasteiger partial charge in [0.2, 0.25) is 5.91 Å². The van der Waals surface area contributed by atoms with E-state index in [-0.39, 0.29) is 17.7 Å². The minimum atomic E-state index is -0.272. The second-order valence-corrected chi connectivity index (χ2v) is 4.37. The quantitative estimate of drug-likeness (QED) is 0.756. The highest BCUT2D eigenvalue weighted by Crippen LogP contribution is 2.27. The molecule has 0 radical (unpaired) electrons. The molecule has 86 valence electrons. The third-order valence-corrected chi connectivity index (χ3v) is 3.16. The first-order chi connectivity index (χ1) is 8.24. The Balaban J connectivity index is 1.77. The summed E-state index contributed by atoms with van der Waals surface area (Å²) in [6.07, 6.45) is 1.80. The summed E-state index contributed by atoms with van der Waals surface area (Å²) in [5.74, 6) is -0.682. The van der Waals surface area contributed by atoms with Crippen LogP contribution in [0.15, 0.2) is 42.1 Å². The average Bonchev–Trinajstić information content (AvgIpc) is 2.83. The number of amides is 2. The topological polar surface area (TPSA) is 49.4 Å². The van der Waals surface area contributed by atoms with E-state index in [1.807, 2.05) is 35.2 Å². The fourth-order valence-corrected chi connectivity index (χ4v) is 2.31. The smallest absolute Gasteiger partial charge is 0.256 e. The van der Waals surface area contributed by atoms with Crippen molar-refractivity contribution in [2.24, 2.45) is 5.92 Å². The lowest BCUT2D eigenvalue weighted by Gasteiger charge is -2.16. The van der Waals surface area contributed by atoms with Crippen LogP contribution >= 0.6 is 0 Å². The molecule has 1 aromatic rings. The fraction of sp³-hybridized carbons (Fsp3) is 0.231. The van der Waals surface area contributed by atoms with Crippen molar-refractivity contribution >= 4 is 11.8 Å². The molecular weight excluding hydrogens is 216 g/mol. The van der Waals surface area contributed by atoms with Gasteiger partial charge >= 0.3 is 0 Å². The van der Waals surface area contributed by atoms with Crippen LogP contribution in [-0.2, 0) is 16.1 Å². The Hall–Kier alpha value is -2.10. The maximum absolute atomic E-state index is 11.5. The summed E-state index contributed by atoms with van der Waals surface area (Å²) in [5.41, 5.74) is 1.78. The Bertz CT molecular complexity index is 507. The SMILES string of the molecule is O=C1NC(=O)[C@H]2CN(Cc3ccccc3)C=C12. The van der Waals surface area contributed by atoms with Gasteiger partial charge in [-0.3, -0.25) is 14.9 Å². The normalized spacial score (nSPS) is 22.5. The molecule has 1 fully saturated rings.